The summed E-state index contributed by atoms with van der Waals surface area (Å²) >= 11 is 0. The molecule has 20 heavy (non-hydrogen) atoms. The maximum absolute atomic E-state index is 13.2. The van der Waals surface area contributed by atoms with Crippen LogP contribution in [0.15, 0.2) is 41.1 Å². The zero-order chi connectivity index (χ0) is 14.1. The van der Waals surface area contributed by atoms with E-state index < -0.39 is 0 Å². The van der Waals surface area contributed by atoms with E-state index in [1.165, 1.54) is 12.3 Å². The molecule has 3 rings (SSSR count). The zero-order valence-corrected chi connectivity index (χ0v) is 11.2. The van der Waals surface area contributed by atoms with Gasteiger partial charge in [0.1, 0.15) is 11.3 Å². The Morgan fingerprint density at radius 3 is 2.90 bits per heavy atom. The third-order valence-corrected chi connectivity index (χ3v) is 3.10. The maximum Gasteiger partial charge on any atom is 0.192 e. The van der Waals surface area contributed by atoms with E-state index in [1.54, 1.807) is 6.20 Å². The normalized spacial score (nSPS) is 12.6. The first-order chi connectivity index (χ1) is 9.61. The van der Waals surface area contributed by atoms with Gasteiger partial charge in [-0.3, -0.25) is 4.98 Å². The Hall–Kier alpha value is -2.43. The molecule has 102 valence electrons. The standard InChI is InChI=1S/C15H14FN3O/c1-9(11-5-12(16)8-17-7-11)18-13-3-4-15-14(6-13)19-10(2)20-15/h3-9,18H,1-2H3. The van der Waals surface area contributed by atoms with E-state index in [4.69, 9.17) is 4.42 Å². The number of halogens is 1. The van der Waals surface area contributed by atoms with Crippen molar-refractivity contribution in [2.75, 3.05) is 5.32 Å². The monoisotopic (exact) mass is 271 g/mol. The van der Waals surface area contributed by atoms with Crippen LogP contribution in [0.3, 0.4) is 0 Å². The summed E-state index contributed by atoms with van der Waals surface area (Å²) in [6.45, 7) is 3.77. The van der Waals surface area contributed by atoms with Crippen molar-refractivity contribution in [3.8, 4) is 0 Å². The van der Waals surface area contributed by atoms with E-state index in [0.717, 1.165) is 22.4 Å². The summed E-state index contributed by atoms with van der Waals surface area (Å²) in [4.78, 5) is 8.15. The predicted molar refractivity (Wildman–Crippen MR) is 75.0 cm³/mol. The molecule has 0 amide bonds. The number of oxazole rings is 1. The topological polar surface area (TPSA) is 51.0 Å². The van der Waals surface area contributed by atoms with Crippen LogP contribution in [0.25, 0.3) is 11.1 Å². The SMILES string of the molecule is Cc1nc2cc(NC(C)c3cncc(F)c3)ccc2o1. The first-order valence-electron chi connectivity index (χ1n) is 6.36. The van der Waals surface area contributed by atoms with Gasteiger partial charge in [0.15, 0.2) is 11.5 Å². The Morgan fingerprint density at radius 2 is 2.10 bits per heavy atom. The molecular formula is C15H14FN3O. The minimum Gasteiger partial charge on any atom is -0.441 e. The van der Waals surface area contributed by atoms with Crippen LogP contribution in [0, 0.1) is 12.7 Å². The minimum absolute atomic E-state index is 0.0522. The molecule has 1 unspecified atom stereocenters. The third-order valence-electron chi connectivity index (χ3n) is 3.10. The number of hydrogen-bond acceptors (Lipinski definition) is 4. The quantitative estimate of drug-likeness (QED) is 0.786. The fraction of sp³-hybridized carbons (Fsp3) is 0.200. The molecule has 0 aliphatic heterocycles. The Bertz CT molecular complexity index is 754. The van der Waals surface area contributed by atoms with Crippen LogP contribution in [0.1, 0.15) is 24.4 Å². The van der Waals surface area contributed by atoms with E-state index in [1.807, 2.05) is 32.0 Å². The second kappa shape index (κ2) is 4.92. The van der Waals surface area contributed by atoms with Gasteiger partial charge in [-0.1, -0.05) is 0 Å². The highest BCUT2D eigenvalue weighted by Gasteiger charge is 2.08. The molecule has 1 N–H and O–H groups in total. The van der Waals surface area contributed by atoms with Crippen LogP contribution >= 0.6 is 0 Å². The van der Waals surface area contributed by atoms with Crippen molar-refractivity contribution in [3.63, 3.8) is 0 Å². The lowest BCUT2D eigenvalue weighted by atomic mass is 10.1. The van der Waals surface area contributed by atoms with Gasteiger partial charge < -0.3 is 9.73 Å². The summed E-state index contributed by atoms with van der Waals surface area (Å²) in [5.74, 6) is 0.304. The van der Waals surface area contributed by atoms with Gasteiger partial charge in [-0.25, -0.2) is 9.37 Å². The van der Waals surface area contributed by atoms with Crippen LogP contribution in [0.2, 0.25) is 0 Å². The second-order valence-corrected chi connectivity index (χ2v) is 4.72. The van der Waals surface area contributed by atoms with Gasteiger partial charge in [0, 0.05) is 18.8 Å². The summed E-state index contributed by atoms with van der Waals surface area (Å²) in [7, 11) is 0. The zero-order valence-electron chi connectivity index (χ0n) is 11.2. The molecule has 1 aromatic carbocycles. The average Bonchev–Trinajstić information content (AvgIpc) is 2.78. The Morgan fingerprint density at radius 1 is 1.25 bits per heavy atom. The number of pyridine rings is 1. The predicted octanol–water partition coefficient (Wildman–Crippen LogP) is 3.84. The van der Waals surface area contributed by atoms with Gasteiger partial charge in [0.05, 0.1) is 12.2 Å². The van der Waals surface area contributed by atoms with Gasteiger partial charge in [0.25, 0.3) is 0 Å². The number of anilines is 1. The smallest absolute Gasteiger partial charge is 0.192 e. The van der Waals surface area contributed by atoms with Gasteiger partial charge in [-0.15, -0.1) is 0 Å². The number of aryl methyl sites for hydroxylation is 1. The number of nitrogens with zero attached hydrogens (tertiary/aromatic N) is 2. The minimum atomic E-state index is -0.335. The summed E-state index contributed by atoms with van der Waals surface area (Å²) in [5, 5.41) is 3.30. The molecule has 3 aromatic rings. The molecule has 2 aromatic heterocycles. The van der Waals surface area contributed by atoms with Crippen LogP contribution < -0.4 is 5.32 Å². The van der Waals surface area contributed by atoms with E-state index in [2.05, 4.69) is 15.3 Å². The second-order valence-electron chi connectivity index (χ2n) is 4.72. The first kappa shape index (κ1) is 12.6. The highest BCUT2D eigenvalue weighted by molar-refractivity contribution is 5.77. The molecule has 0 spiro atoms. The first-order valence-corrected chi connectivity index (χ1v) is 6.36. The highest BCUT2D eigenvalue weighted by Crippen LogP contribution is 2.23. The fourth-order valence-corrected chi connectivity index (χ4v) is 2.13. The molecule has 0 aliphatic carbocycles. The maximum atomic E-state index is 13.2. The van der Waals surface area contributed by atoms with Gasteiger partial charge in [-0.2, -0.15) is 0 Å². The van der Waals surface area contributed by atoms with Crippen LogP contribution in [-0.2, 0) is 0 Å². The number of hydrogen-bond donors (Lipinski definition) is 1. The van der Waals surface area contributed by atoms with Crippen molar-refractivity contribution >= 4 is 16.8 Å². The lowest BCUT2D eigenvalue weighted by Crippen LogP contribution is -2.07. The third kappa shape index (κ3) is 2.47. The Labute approximate surface area is 115 Å². The highest BCUT2D eigenvalue weighted by atomic mass is 19.1. The summed E-state index contributed by atoms with van der Waals surface area (Å²) in [6.07, 6.45) is 2.85. The molecule has 0 saturated carbocycles. The van der Waals surface area contributed by atoms with Crippen LogP contribution in [-0.4, -0.2) is 9.97 Å². The van der Waals surface area contributed by atoms with Crippen LogP contribution in [0.4, 0.5) is 10.1 Å². The largest absolute Gasteiger partial charge is 0.441 e. The number of benzene rings is 1. The molecule has 0 radical (unpaired) electrons. The van der Waals surface area contributed by atoms with E-state index in [-0.39, 0.29) is 11.9 Å². The Balaban J connectivity index is 1.85. The lowest BCUT2D eigenvalue weighted by Gasteiger charge is -2.15. The summed E-state index contributed by atoms with van der Waals surface area (Å²) < 4.78 is 18.6. The average molecular weight is 271 g/mol. The molecule has 0 aliphatic rings. The van der Waals surface area contributed by atoms with E-state index >= 15 is 0 Å². The molecule has 0 saturated heterocycles. The molecule has 1 atom stereocenters. The van der Waals surface area contributed by atoms with Crippen molar-refractivity contribution in [3.05, 3.63) is 53.9 Å². The number of fused-ring (bicyclic) bond motifs is 1. The molecule has 4 nitrogen and oxygen atoms in total. The Kier molecular flexibility index (Phi) is 3.10. The fourth-order valence-electron chi connectivity index (χ4n) is 2.13. The molecule has 5 heteroatoms. The van der Waals surface area contributed by atoms with Gasteiger partial charge >= 0.3 is 0 Å². The molecule has 2 heterocycles. The van der Waals surface area contributed by atoms with Crippen molar-refractivity contribution in [1.29, 1.82) is 0 Å². The van der Waals surface area contributed by atoms with Crippen molar-refractivity contribution in [2.45, 2.75) is 19.9 Å². The van der Waals surface area contributed by atoms with E-state index in [0.29, 0.717) is 5.89 Å². The van der Waals surface area contributed by atoms with E-state index in [9.17, 15) is 4.39 Å². The summed E-state index contributed by atoms with van der Waals surface area (Å²) in [5.41, 5.74) is 3.26. The number of aromatic nitrogens is 2. The molecule has 0 bridgehead atoms. The lowest BCUT2D eigenvalue weighted by molar-refractivity contribution is 0.561. The van der Waals surface area contributed by atoms with Crippen molar-refractivity contribution in [2.24, 2.45) is 0 Å². The van der Waals surface area contributed by atoms with Crippen molar-refractivity contribution in [1.82, 2.24) is 9.97 Å². The van der Waals surface area contributed by atoms with Gasteiger partial charge in [0.2, 0.25) is 0 Å². The molecule has 0 fully saturated rings. The number of rotatable bonds is 3. The number of nitrogens with one attached hydrogen (secondary N) is 1. The van der Waals surface area contributed by atoms with Crippen LogP contribution in [0.5, 0.6) is 0 Å². The van der Waals surface area contributed by atoms with Gasteiger partial charge in [-0.05, 0) is 36.8 Å². The van der Waals surface area contributed by atoms with Crippen molar-refractivity contribution < 1.29 is 8.81 Å². The molecular weight excluding hydrogens is 257 g/mol. The summed E-state index contributed by atoms with van der Waals surface area (Å²) in [6, 6.07) is 7.12.